The van der Waals surface area contributed by atoms with Crippen molar-refractivity contribution >= 4 is 11.6 Å². The van der Waals surface area contributed by atoms with Gasteiger partial charge in [0.1, 0.15) is 5.82 Å². The van der Waals surface area contributed by atoms with Gasteiger partial charge in [0, 0.05) is 5.69 Å². The van der Waals surface area contributed by atoms with Gasteiger partial charge in [-0.25, -0.2) is 4.39 Å². The summed E-state index contributed by atoms with van der Waals surface area (Å²) >= 11 is 0. The lowest BCUT2D eigenvalue weighted by atomic mass is 10.1. The number of hydrogen-bond donors (Lipinski definition) is 1. The first-order valence-corrected chi connectivity index (χ1v) is 6.88. The van der Waals surface area contributed by atoms with Crippen LogP contribution in [0.15, 0.2) is 30.3 Å². The lowest BCUT2D eigenvalue weighted by Crippen LogP contribution is -2.15. The van der Waals surface area contributed by atoms with Gasteiger partial charge in [0.2, 0.25) is 5.75 Å². The molecular formula is C17H18FNO4. The first kappa shape index (κ1) is 16.6. The fourth-order valence-electron chi connectivity index (χ4n) is 2.20. The lowest BCUT2D eigenvalue weighted by Gasteiger charge is -2.16. The third kappa shape index (κ3) is 3.36. The molecule has 0 bridgehead atoms. The van der Waals surface area contributed by atoms with Gasteiger partial charge in [-0.3, -0.25) is 4.79 Å². The number of nitrogens with one attached hydrogen (secondary N) is 1. The highest BCUT2D eigenvalue weighted by Gasteiger charge is 2.21. The van der Waals surface area contributed by atoms with Crippen molar-refractivity contribution in [2.45, 2.75) is 6.92 Å². The zero-order valence-electron chi connectivity index (χ0n) is 13.4. The summed E-state index contributed by atoms with van der Waals surface area (Å²) in [7, 11) is 4.38. The SMILES string of the molecule is COc1ccc(C(=O)Nc2cc(F)ccc2C)c(OC)c1OC. The third-order valence-electron chi connectivity index (χ3n) is 3.40. The Kier molecular flexibility index (Phi) is 5.05. The fourth-order valence-corrected chi connectivity index (χ4v) is 2.20. The van der Waals surface area contributed by atoms with Crippen molar-refractivity contribution in [2.24, 2.45) is 0 Å². The summed E-state index contributed by atoms with van der Waals surface area (Å²) in [5.74, 6) is 0.154. The van der Waals surface area contributed by atoms with E-state index in [4.69, 9.17) is 14.2 Å². The van der Waals surface area contributed by atoms with Crippen molar-refractivity contribution in [1.82, 2.24) is 0 Å². The Bertz CT molecular complexity index is 731. The molecule has 2 rings (SSSR count). The second-order valence-electron chi connectivity index (χ2n) is 4.80. The van der Waals surface area contributed by atoms with Crippen LogP contribution in [0.2, 0.25) is 0 Å². The topological polar surface area (TPSA) is 56.8 Å². The first-order chi connectivity index (χ1) is 11.0. The van der Waals surface area contributed by atoms with Crippen molar-refractivity contribution in [3.63, 3.8) is 0 Å². The Morgan fingerprint density at radius 3 is 2.30 bits per heavy atom. The van der Waals surface area contributed by atoms with Gasteiger partial charge in [0.15, 0.2) is 11.5 Å². The predicted molar refractivity (Wildman–Crippen MR) is 85.2 cm³/mol. The van der Waals surface area contributed by atoms with Crippen LogP contribution in [-0.2, 0) is 0 Å². The van der Waals surface area contributed by atoms with Crippen LogP contribution in [0, 0.1) is 12.7 Å². The van der Waals surface area contributed by atoms with Gasteiger partial charge in [-0.05, 0) is 36.8 Å². The van der Waals surface area contributed by atoms with Gasteiger partial charge >= 0.3 is 0 Å². The Morgan fingerprint density at radius 2 is 1.70 bits per heavy atom. The molecule has 23 heavy (non-hydrogen) atoms. The standard InChI is InChI=1S/C17H18FNO4/c1-10-5-6-11(18)9-13(10)19-17(20)12-7-8-14(21-2)16(23-4)15(12)22-3/h5-9H,1-4H3,(H,19,20). The molecule has 2 aromatic rings. The molecule has 0 aliphatic heterocycles. The third-order valence-corrected chi connectivity index (χ3v) is 3.40. The van der Waals surface area contributed by atoms with Crippen LogP contribution in [0.5, 0.6) is 17.2 Å². The molecule has 2 aromatic carbocycles. The monoisotopic (exact) mass is 319 g/mol. The number of anilines is 1. The molecule has 5 nitrogen and oxygen atoms in total. The minimum Gasteiger partial charge on any atom is -0.493 e. The highest BCUT2D eigenvalue weighted by atomic mass is 19.1. The van der Waals surface area contributed by atoms with E-state index in [2.05, 4.69) is 5.32 Å². The maximum absolute atomic E-state index is 13.4. The zero-order chi connectivity index (χ0) is 17.0. The van der Waals surface area contributed by atoms with Gasteiger partial charge in [-0.15, -0.1) is 0 Å². The van der Waals surface area contributed by atoms with Gasteiger partial charge in [-0.2, -0.15) is 0 Å². The van der Waals surface area contributed by atoms with E-state index in [1.165, 1.54) is 33.5 Å². The Balaban J connectivity index is 2.41. The predicted octanol–water partition coefficient (Wildman–Crippen LogP) is 3.41. The summed E-state index contributed by atoms with van der Waals surface area (Å²) in [5.41, 5.74) is 1.40. The van der Waals surface area contributed by atoms with Crippen LogP contribution in [0.1, 0.15) is 15.9 Å². The van der Waals surface area contributed by atoms with E-state index < -0.39 is 11.7 Å². The number of carbonyl (C=O) groups excluding carboxylic acids is 1. The molecule has 0 saturated carbocycles. The number of benzene rings is 2. The fraction of sp³-hybridized carbons (Fsp3) is 0.235. The molecule has 0 aliphatic rings. The quantitative estimate of drug-likeness (QED) is 0.917. The van der Waals surface area contributed by atoms with Crippen molar-refractivity contribution in [3.05, 3.63) is 47.3 Å². The van der Waals surface area contributed by atoms with Crippen LogP contribution in [-0.4, -0.2) is 27.2 Å². The largest absolute Gasteiger partial charge is 0.493 e. The molecular weight excluding hydrogens is 301 g/mol. The van der Waals surface area contributed by atoms with Gasteiger partial charge in [-0.1, -0.05) is 6.07 Å². The maximum atomic E-state index is 13.4. The second-order valence-corrected chi connectivity index (χ2v) is 4.80. The maximum Gasteiger partial charge on any atom is 0.259 e. The highest BCUT2D eigenvalue weighted by molar-refractivity contribution is 6.07. The van der Waals surface area contributed by atoms with Gasteiger partial charge < -0.3 is 19.5 Å². The number of ether oxygens (including phenoxy) is 3. The lowest BCUT2D eigenvalue weighted by molar-refractivity contribution is 0.102. The molecule has 0 unspecified atom stereocenters. The average molecular weight is 319 g/mol. The molecule has 0 aliphatic carbocycles. The van der Waals surface area contributed by atoms with E-state index in [0.29, 0.717) is 17.2 Å². The van der Waals surface area contributed by atoms with Crippen LogP contribution in [0.3, 0.4) is 0 Å². The Morgan fingerprint density at radius 1 is 1.00 bits per heavy atom. The molecule has 0 atom stereocenters. The number of aryl methyl sites for hydroxylation is 1. The number of methoxy groups -OCH3 is 3. The normalized spacial score (nSPS) is 10.1. The van der Waals surface area contributed by atoms with E-state index in [1.807, 2.05) is 0 Å². The molecule has 0 fully saturated rings. The summed E-state index contributed by atoms with van der Waals surface area (Å²) in [6.45, 7) is 1.78. The van der Waals surface area contributed by atoms with E-state index in [0.717, 1.165) is 5.56 Å². The van der Waals surface area contributed by atoms with Gasteiger partial charge in [0.05, 0.1) is 26.9 Å². The summed E-state index contributed by atoms with van der Waals surface area (Å²) in [6.07, 6.45) is 0. The summed E-state index contributed by atoms with van der Waals surface area (Å²) in [6, 6.07) is 7.36. The molecule has 6 heteroatoms. The smallest absolute Gasteiger partial charge is 0.259 e. The zero-order valence-corrected chi connectivity index (χ0v) is 13.4. The number of carbonyl (C=O) groups is 1. The summed E-state index contributed by atoms with van der Waals surface area (Å²) in [4.78, 5) is 12.5. The van der Waals surface area contributed by atoms with Crippen LogP contribution in [0.4, 0.5) is 10.1 Å². The minimum absolute atomic E-state index is 0.249. The molecule has 0 heterocycles. The van der Waals surface area contributed by atoms with E-state index in [9.17, 15) is 9.18 Å². The van der Waals surface area contributed by atoms with Crippen LogP contribution in [0.25, 0.3) is 0 Å². The summed E-state index contributed by atoms with van der Waals surface area (Å²) in [5, 5.41) is 2.68. The number of hydrogen-bond acceptors (Lipinski definition) is 4. The number of rotatable bonds is 5. The van der Waals surface area contributed by atoms with Crippen molar-refractivity contribution < 1.29 is 23.4 Å². The van der Waals surface area contributed by atoms with E-state index in [1.54, 1.807) is 25.1 Å². The van der Waals surface area contributed by atoms with Crippen molar-refractivity contribution in [3.8, 4) is 17.2 Å². The molecule has 0 saturated heterocycles. The highest BCUT2D eigenvalue weighted by Crippen LogP contribution is 2.40. The molecule has 122 valence electrons. The molecule has 0 aromatic heterocycles. The van der Waals surface area contributed by atoms with Crippen molar-refractivity contribution in [2.75, 3.05) is 26.6 Å². The number of amides is 1. The second kappa shape index (κ2) is 7.00. The van der Waals surface area contributed by atoms with Crippen LogP contribution < -0.4 is 19.5 Å². The molecule has 1 N–H and O–H groups in total. The molecule has 0 radical (unpaired) electrons. The van der Waals surface area contributed by atoms with Crippen LogP contribution >= 0.6 is 0 Å². The van der Waals surface area contributed by atoms with E-state index >= 15 is 0 Å². The molecule has 0 spiro atoms. The Labute approximate surface area is 134 Å². The Hall–Kier alpha value is -2.76. The van der Waals surface area contributed by atoms with Crippen molar-refractivity contribution in [1.29, 1.82) is 0 Å². The van der Waals surface area contributed by atoms with Gasteiger partial charge in [0.25, 0.3) is 5.91 Å². The average Bonchev–Trinajstić information content (AvgIpc) is 2.56. The first-order valence-electron chi connectivity index (χ1n) is 6.88. The summed E-state index contributed by atoms with van der Waals surface area (Å²) < 4.78 is 29.1. The van der Waals surface area contributed by atoms with E-state index in [-0.39, 0.29) is 11.3 Å². The number of halogens is 1. The molecule has 1 amide bonds. The minimum atomic E-state index is -0.434.